The molecule has 1 nitrogen and oxygen atoms in total. The van der Waals surface area contributed by atoms with Crippen LogP contribution in [0.1, 0.15) is 51.0 Å². The highest BCUT2D eigenvalue weighted by Crippen LogP contribution is 2.17. The van der Waals surface area contributed by atoms with Crippen LogP contribution in [0.25, 0.3) is 0 Å². The lowest BCUT2D eigenvalue weighted by molar-refractivity contribution is 0.161. The Kier molecular flexibility index (Phi) is 7.52. The van der Waals surface area contributed by atoms with Gasteiger partial charge >= 0.3 is 0 Å². The van der Waals surface area contributed by atoms with Gasteiger partial charge in [-0.25, -0.2) is 4.39 Å². The maximum atomic E-state index is 13.2. The van der Waals surface area contributed by atoms with E-state index in [1.165, 1.54) is 37.8 Å². The van der Waals surface area contributed by atoms with E-state index in [0.717, 1.165) is 22.9 Å². The monoisotopic (exact) mass is 316 g/mol. The van der Waals surface area contributed by atoms with Crippen LogP contribution < -0.4 is 0 Å². The Balaban J connectivity index is 2.28. The molecule has 0 aliphatic heterocycles. The number of aliphatic hydroxyl groups is 1. The third kappa shape index (κ3) is 6.50. The predicted octanol–water partition coefficient (Wildman–Crippen LogP) is 4.85. The van der Waals surface area contributed by atoms with Gasteiger partial charge in [0.05, 0.1) is 6.10 Å². The Labute approximate surface area is 118 Å². The largest absolute Gasteiger partial charge is 0.393 e. The van der Waals surface area contributed by atoms with Crippen LogP contribution in [0, 0.1) is 5.82 Å². The summed E-state index contributed by atoms with van der Waals surface area (Å²) in [4.78, 5) is 0. The molecule has 18 heavy (non-hydrogen) atoms. The van der Waals surface area contributed by atoms with E-state index < -0.39 is 0 Å². The standard InChI is InChI=1S/C15H22BrFO/c1-2-3-4-5-6-7-15(18)10-12-8-13(16)11-14(17)9-12/h8-9,11,15,18H,2-7,10H2,1H3. The predicted molar refractivity (Wildman–Crippen MR) is 77.2 cm³/mol. The smallest absolute Gasteiger partial charge is 0.124 e. The fraction of sp³-hybridized carbons (Fsp3) is 0.600. The number of benzene rings is 1. The van der Waals surface area contributed by atoms with E-state index in [9.17, 15) is 9.50 Å². The Bertz CT molecular complexity index is 334. The first-order valence-electron chi connectivity index (χ1n) is 6.75. The molecule has 1 atom stereocenters. The zero-order chi connectivity index (χ0) is 13.4. The van der Waals surface area contributed by atoms with Crippen molar-refractivity contribution >= 4 is 15.9 Å². The quantitative estimate of drug-likeness (QED) is 0.679. The van der Waals surface area contributed by atoms with Gasteiger partial charge in [0.15, 0.2) is 0 Å². The van der Waals surface area contributed by atoms with Crippen LogP contribution >= 0.6 is 15.9 Å². The maximum Gasteiger partial charge on any atom is 0.124 e. The van der Waals surface area contributed by atoms with Gasteiger partial charge in [-0.1, -0.05) is 55.0 Å². The van der Waals surface area contributed by atoms with Gasteiger partial charge in [0.2, 0.25) is 0 Å². The van der Waals surface area contributed by atoms with Crippen molar-refractivity contribution in [3.63, 3.8) is 0 Å². The van der Waals surface area contributed by atoms with E-state index in [1.807, 2.05) is 6.07 Å². The van der Waals surface area contributed by atoms with E-state index in [0.29, 0.717) is 6.42 Å². The highest BCUT2D eigenvalue weighted by Gasteiger charge is 2.07. The molecule has 0 spiro atoms. The minimum atomic E-state index is -0.361. The molecule has 0 aliphatic carbocycles. The van der Waals surface area contributed by atoms with Crippen molar-refractivity contribution in [1.29, 1.82) is 0 Å². The van der Waals surface area contributed by atoms with Crippen LogP contribution in [0.3, 0.4) is 0 Å². The molecule has 1 unspecified atom stereocenters. The van der Waals surface area contributed by atoms with Gasteiger partial charge in [-0.3, -0.25) is 0 Å². The van der Waals surface area contributed by atoms with E-state index in [2.05, 4.69) is 22.9 Å². The highest BCUT2D eigenvalue weighted by molar-refractivity contribution is 9.10. The van der Waals surface area contributed by atoms with Crippen LogP contribution in [-0.4, -0.2) is 11.2 Å². The highest BCUT2D eigenvalue weighted by atomic mass is 79.9. The molecule has 0 heterocycles. The molecule has 1 rings (SSSR count). The molecular formula is C15H22BrFO. The summed E-state index contributed by atoms with van der Waals surface area (Å²) in [6, 6.07) is 4.79. The van der Waals surface area contributed by atoms with Crippen molar-refractivity contribution < 1.29 is 9.50 Å². The number of hydrogen-bond acceptors (Lipinski definition) is 1. The minimum Gasteiger partial charge on any atom is -0.393 e. The zero-order valence-corrected chi connectivity index (χ0v) is 12.5. The fourth-order valence-electron chi connectivity index (χ4n) is 2.09. The molecule has 0 aromatic heterocycles. The molecule has 0 fully saturated rings. The molecule has 0 bridgehead atoms. The van der Waals surface area contributed by atoms with Gasteiger partial charge in [-0.15, -0.1) is 0 Å². The minimum absolute atomic E-state index is 0.255. The molecule has 0 aliphatic rings. The van der Waals surface area contributed by atoms with Crippen LogP contribution in [0.15, 0.2) is 22.7 Å². The molecule has 1 aromatic carbocycles. The molecular weight excluding hydrogens is 295 g/mol. The van der Waals surface area contributed by atoms with E-state index in [-0.39, 0.29) is 11.9 Å². The molecule has 0 radical (unpaired) electrons. The van der Waals surface area contributed by atoms with E-state index in [4.69, 9.17) is 0 Å². The fourth-order valence-corrected chi connectivity index (χ4v) is 2.60. The molecule has 0 saturated carbocycles. The third-order valence-electron chi connectivity index (χ3n) is 3.03. The molecule has 1 aromatic rings. The molecule has 0 amide bonds. The lowest BCUT2D eigenvalue weighted by Crippen LogP contribution is -2.10. The van der Waals surface area contributed by atoms with Crippen molar-refractivity contribution in [2.24, 2.45) is 0 Å². The van der Waals surface area contributed by atoms with Crippen LogP contribution in [0.4, 0.5) is 4.39 Å². The first-order valence-corrected chi connectivity index (χ1v) is 7.54. The van der Waals surface area contributed by atoms with Crippen LogP contribution in [0.5, 0.6) is 0 Å². The summed E-state index contributed by atoms with van der Waals surface area (Å²) in [5.41, 5.74) is 0.850. The lowest BCUT2D eigenvalue weighted by atomic mass is 10.0. The van der Waals surface area contributed by atoms with Crippen molar-refractivity contribution in [3.05, 3.63) is 34.1 Å². The van der Waals surface area contributed by atoms with Gasteiger partial charge in [0, 0.05) is 4.47 Å². The van der Waals surface area contributed by atoms with Gasteiger partial charge < -0.3 is 5.11 Å². The Morgan fingerprint density at radius 1 is 1.17 bits per heavy atom. The summed E-state index contributed by atoms with van der Waals surface area (Å²) < 4.78 is 13.9. The van der Waals surface area contributed by atoms with Gasteiger partial charge in [-0.05, 0) is 36.6 Å². The number of aliphatic hydroxyl groups excluding tert-OH is 1. The Hall–Kier alpha value is -0.410. The molecule has 0 saturated heterocycles. The van der Waals surface area contributed by atoms with Crippen molar-refractivity contribution in [2.75, 3.05) is 0 Å². The lowest BCUT2D eigenvalue weighted by Gasteiger charge is -2.11. The number of unbranched alkanes of at least 4 members (excludes halogenated alkanes) is 4. The summed E-state index contributed by atoms with van der Waals surface area (Å²) >= 11 is 3.26. The van der Waals surface area contributed by atoms with Gasteiger partial charge in [0.1, 0.15) is 5.82 Å². The normalized spacial score (nSPS) is 12.7. The van der Waals surface area contributed by atoms with E-state index >= 15 is 0 Å². The Morgan fingerprint density at radius 3 is 2.56 bits per heavy atom. The SMILES string of the molecule is CCCCCCCC(O)Cc1cc(F)cc(Br)c1. The maximum absolute atomic E-state index is 13.2. The third-order valence-corrected chi connectivity index (χ3v) is 3.49. The van der Waals surface area contributed by atoms with Crippen molar-refractivity contribution in [2.45, 2.75) is 58.0 Å². The van der Waals surface area contributed by atoms with Crippen LogP contribution in [0.2, 0.25) is 0 Å². The van der Waals surface area contributed by atoms with Crippen molar-refractivity contribution in [1.82, 2.24) is 0 Å². The average molecular weight is 317 g/mol. The summed E-state index contributed by atoms with van der Waals surface area (Å²) in [6.45, 7) is 2.19. The second-order valence-corrected chi connectivity index (χ2v) is 5.75. The molecule has 1 N–H and O–H groups in total. The number of hydrogen-bond donors (Lipinski definition) is 1. The average Bonchev–Trinajstić information content (AvgIpc) is 2.27. The van der Waals surface area contributed by atoms with Crippen LogP contribution in [-0.2, 0) is 6.42 Å². The molecule has 102 valence electrons. The number of halogens is 2. The van der Waals surface area contributed by atoms with Gasteiger partial charge in [0.25, 0.3) is 0 Å². The number of rotatable bonds is 8. The summed E-state index contributed by atoms with van der Waals surface area (Å²) in [6.07, 6.45) is 6.96. The first-order chi connectivity index (χ1) is 8.61. The second kappa shape index (κ2) is 8.65. The van der Waals surface area contributed by atoms with Crippen molar-refractivity contribution in [3.8, 4) is 0 Å². The second-order valence-electron chi connectivity index (χ2n) is 4.84. The topological polar surface area (TPSA) is 20.2 Å². The van der Waals surface area contributed by atoms with Gasteiger partial charge in [-0.2, -0.15) is 0 Å². The zero-order valence-electron chi connectivity index (χ0n) is 11.0. The Morgan fingerprint density at radius 2 is 1.89 bits per heavy atom. The molecule has 3 heteroatoms. The summed E-state index contributed by atoms with van der Waals surface area (Å²) in [7, 11) is 0. The first kappa shape index (κ1) is 15.6. The summed E-state index contributed by atoms with van der Waals surface area (Å²) in [5.74, 6) is -0.255. The summed E-state index contributed by atoms with van der Waals surface area (Å²) in [5, 5.41) is 9.90. The van der Waals surface area contributed by atoms with E-state index in [1.54, 1.807) is 0 Å².